The van der Waals surface area contributed by atoms with Crippen molar-refractivity contribution in [1.82, 2.24) is 0 Å². The van der Waals surface area contributed by atoms with Crippen molar-refractivity contribution >= 4 is 22.2 Å². The average molecular weight is 440 g/mol. The van der Waals surface area contributed by atoms with E-state index in [-0.39, 0.29) is 22.0 Å². The number of allylic oxidation sites excluding steroid dienone is 4. The third-order valence-corrected chi connectivity index (χ3v) is 7.86. The molecule has 5 heteroatoms. The first-order chi connectivity index (χ1) is 15.7. The highest BCUT2D eigenvalue weighted by atomic mass is 16.4. The Balaban J connectivity index is 1.79. The van der Waals surface area contributed by atoms with Crippen LogP contribution in [0.25, 0.3) is 16.5 Å². The van der Waals surface area contributed by atoms with Crippen LogP contribution >= 0.6 is 0 Å². The fourth-order valence-electron chi connectivity index (χ4n) is 5.78. The smallest absolute Gasteiger partial charge is 0.343 e. The topological polar surface area (TPSA) is 81.0 Å². The Kier molecular flexibility index (Phi) is 4.80. The molecular formula is C28H29N3O2. The van der Waals surface area contributed by atoms with Gasteiger partial charge in [-0.25, -0.2) is 4.79 Å². The van der Waals surface area contributed by atoms with Gasteiger partial charge in [-0.15, -0.1) is 0 Å². The van der Waals surface area contributed by atoms with Gasteiger partial charge in [-0.05, 0) is 71.8 Å². The summed E-state index contributed by atoms with van der Waals surface area (Å²) in [7, 11) is 0. The molecule has 3 aliphatic rings. The summed E-state index contributed by atoms with van der Waals surface area (Å²) in [5.74, 6) is 0. The van der Waals surface area contributed by atoms with Gasteiger partial charge in [-0.2, -0.15) is 10.5 Å². The molecule has 0 atom stereocenters. The number of hydrogen-bond acceptors (Lipinski definition) is 5. The third kappa shape index (κ3) is 3.30. The van der Waals surface area contributed by atoms with E-state index < -0.39 is 0 Å². The number of nitriles is 2. The van der Waals surface area contributed by atoms with E-state index in [2.05, 4.69) is 38.7 Å². The van der Waals surface area contributed by atoms with Gasteiger partial charge in [0.25, 0.3) is 0 Å². The van der Waals surface area contributed by atoms with Crippen LogP contribution < -0.4 is 10.5 Å². The van der Waals surface area contributed by atoms with Gasteiger partial charge in [0.15, 0.2) is 0 Å². The molecule has 0 saturated heterocycles. The molecule has 1 aliphatic carbocycles. The van der Waals surface area contributed by atoms with Gasteiger partial charge in [0.2, 0.25) is 0 Å². The van der Waals surface area contributed by atoms with Gasteiger partial charge in [-0.3, -0.25) is 0 Å². The largest absolute Gasteiger partial charge is 0.422 e. The molecular weight excluding hydrogens is 410 g/mol. The maximum absolute atomic E-state index is 13.3. The van der Waals surface area contributed by atoms with E-state index in [1.54, 1.807) is 0 Å². The molecule has 0 saturated carbocycles. The Bertz CT molecular complexity index is 1370. The molecule has 5 rings (SSSR count). The second kappa shape index (κ2) is 7.35. The molecule has 5 nitrogen and oxygen atoms in total. The molecule has 1 aromatic heterocycles. The lowest BCUT2D eigenvalue weighted by Crippen LogP contribution is -2.44. The van der Waals surface area contributed by atoms with Gasteiger partial charge in [0.05, 0.1) is 5.56 Å². The Morgan fingerprint density at radius 2 is 1.73 bits per heavy atom. The van der Waals surface area contributed by atoms with Gasteiger partial charge in [-0.1, -0.05) is 33.8 Å². The van der Waals surface area contributed by atoms with Gasteiger partial charge < -0.3 is 9.32 Å². The molecule has 2 aromatic rings. The van der Waals surface area contributed by atoms with Crippen molar-refractivity contribution in [2.45, 2.75) is 70.6 Å². The first-order valence-electron chi connectivity index (χ1n) is 11.8. The first kappa shape index (κ1) is 21.5. The van der Waals surface area contributed by atoms with Crippen molar-refractivity contribution in [1.29, 1.82) is 10.5 Å². The zero-order valence-corrected chi connectivity index (χ0v) is 19.8. The lowest BCUT2D eigenvalue weighted by Gasteiger charge is -2.48. The molecule has 0 radical (unpaired) electrons. The van der Waals surface area contributed by atoms with Crippen molar-refractivity contribution in [3.63, 3.8) is 0 Å². The quantitative estimate of drug-likeness (QED) is 0.410. The summed E-state index contributed by atoms with van der Waals surface area (Å²) in [5.41, 5.74) is 6.31. The molecule has 0 N–H and O–H groups in total. The zero-order valence-electron chi connectivity index (χ0n) is 19.8. The number of fused-ring (bicyclic) bond motifs is 2. The van der Waals surface area contributed by atoms with E-state index in [4.69, 9.17) is 4.42 Å². The summed E-state index contributed by atoms with van der Waals surface area (Å²) >= 11 is 0. The lowest BCUT2D eigenvalue weighted by atomic mass is 9.69. The Labute approximate surface area is 194 Å². The molecule has 33 heavy (non-hydrogen) atoms. The van der Waals surface area contributed by atoms with Crippen LogP contribution in [0.3, 0.4) is 0 Å². The first-order valence-corrected chi connectivity index (χ1v) is 11.8. The Morgan fingerprint density at radius 3 is 2.42 bits per heavy atom. The van der Waals surface area contributed by atoms with E-state index in [9.17, 15) is 15.3 Å². The van der Waals surface area contributed by atoms with Crippen LogP contribution in [0.5, 0.6) is 0 Å². The summed E-state index contributed by atoms with van der Waals surface area (Å²) in [4.78, 5) is 15.7. The minimum absolute atomic E-state index is 0.0486. The summed E-state index contributed by atoms with van der Waals surface area (Å²) in [6.07, 6.45) is 6.17. The number of hydrogen-bond donors (Lipinski definition) is 0. The van der Waals surface area contributed by atoms with Crippen molar-refractivity contribution in [3.8, 4) is 12.1 Å². The van der Waals surface area contributed by atoms with Crippen LogP contribution in [0.4, 0.5) is 5.69 Å². The summed E-state index contributed by atoms with van der Waals surface area (Å²) < 4.78 is 6.10. The van der Waals surface area contributed by atoms with Crippen LogP contribution in [0, 0.1) is 22.7 Å². The minimum atomic E-state index is -0.343. The second-order valence-corrected chi connectivity index (χ2v) is 10.9. The van der Waals surface area contributed by atoms with E-state index >= 15 is 0 Å². The average Bonchev–Trinajstić information content (AvgIpc) is 2.78. The predicted molar refractivity (Wildman–Crippen MR) is 130 cm³/mol. The molecule has 2 aliphatic heterocycles. The summed E-state index contributed by atoms with van der Waals surface area (Å²) in [6, 6.07) is 8.17. The monoisotopic (exact) mass is 439 g/mol. The SMILES string of the molecule is CC1(C)CCN2CCC(C)(C)c3c2c1cc1cc(C2=CC(=C(C#N)C#N)CCC2)c(=O)oc31. The van der Waals surface area contributed by atoms with Gasteiger partial charge in [0.1, 0.15) is 23.3 Å². The fraction of sp³-hybridized carbons (Fsp3) is 0.464. The number of rotatable bonds is 1. The molecule has 0 spiro atoms. The molecule has 1 aromatic carbocycles. The standard InChI is InChI=1S/C28H29N3O2/c1-27(2)8-10-31-11-9-28(3,4)23-24(31)22(27)14-19-13-21(26(32)33-25(19)23)18-7-5-6-17(12-18)20(15-29)16-30/h12-14H,5-11H2,1-4H3. The number of nitrogens with zero attached hydrogens (tertiary/aromatic N) is 3. The predicted octanol–water partition coefficient (Wildman–Crippen LogP) is 5.87. The van der Waals surface area contributed by atoms with Crippen molar-refractivity contribution in [2.75, 3.05) is 18.0 Å². The van der Waals surface area contributed by atoms with E-state index in [0.717, 1.165) is 55.3 Å². The maximum Gasteiger partial charge on any atom is 0.343 e. The van der Waals surface area contributed by atoms with Crippen molar-refractivity contribution in [3.05, 3.63) is 56.5 Å². The van der Waals surface area contributed by atoms with Crippen LogP contribution in [-0.4, -0.2) is 13.1 Å². The normalized spacial score (nSPS) is 20.5. The minimum Gasteiger partial charge on any atom is -0.422 e. The fourth-order valence-corrected chi connectivity index (χ4v) is 5.78. The number of anilines is 1. The lowest BCUT2D eigenvalue weighted by molar-refractivity contribution is 0.398. The Hall–Kier alpha value is -3.31. The van der Waals surface area contributed by atoms with Crippen molar-refractivity contribution in [2.24, 2.45) is 0 Å². The van der Waals surface area contributed by atoms with Crippen LogP contribution in [0.2, 0.25) is 0 Å². The highest BCUT2D eigenvalue weighted by molar-refractivity contribution is 5.92. The highest BCUT2D eigenvalue weighted by Gasteiger charge is 2.42. The molecule has 0 amide bonds. The maximum atomic E-state index is 13.3. The van der Waals surface area contributed by atoms with Crippen LogP contribution in [0.1, 0.15) is 76.5 Å². The molecule has 0 bridgehead atoms. The highest BCUT2D eigenvalue weighted by Crippen LogP contribution is 2.51. The molecule has 168 valence electrons. The summed E-state index contributed by atoms with van der Waals surface area (Å²) in [5, 5.41) is 19.5. The molecule has 0 fully saturated rings. The Morgan fingerprint density at radius 1 is 1.03 bits per heavy atom. The van der Waals surface area contributed by atoms with Gasteiger partial charge >= 0.3 is 5.63 Å². The second-order valence-electron chi connectivity index (χ2n) is 10.9. The molecule has 0 unspecified atom stereocenters. The summed E-state index contributed by atoms with van der Waals surface area (Å²) in [6.45, 7) is 11.2. The van der Waals surface area contributed by atoms with Crippen molar-refractivity contribution < 1.29 is 4.42 Å². The van der Waals surface area contributed by atoms with Gasteiger partial charge in [0, 0.05) is 29.7 Å². The van der Waals surface area contributed by atoms with E-state index in [0.29, 0.717) is 23.1 Å². The van der Waals surface area contributed by atoms with E-state index in [1.165, 1.54) is 11.3 Å². The molecule has 3 heterocycles. The van der Waals surface area contributed by atoms with Crippen LogP contribution in [-0.2, 0) is 10.8 Å². The third-order valence-electron chi connectivity index (χ3n) is 7.86. The zero-order chi connectivity index (χ0) is 23.5. The van der Waals surface area contributed by atoms with E-state index in [1.807, 2.05) is 24.3 Å². The number of benzene rings is 1. The van der Waals surface area contributed by atoms with Crippen LogP contribution in [0.15, 0.2) is 38.6 Å².